The third-order valence-corrected chi connectivity index (χ3v) is 8.49. The van der Waals surface area contributed by atoms with Crippen LogP contribution in [0.1, 0.15) is 23.6 Å². The fourth-order valence-corrected chi connectivity index (χ4v) is 5.95. The molecule has 3 aromatic rings. The normalized spacial score (nSPS) is 25.9. The fourth-order valence-electron chi connectivity index (χ4n) is 5.95. The number of hydrogen-bond donors (Lipinski definition) is 3. The highest BCUT2D eigenvalue weighted by Gasteiger charge is 2.52. The van der Waals surface area contributed by atoms with Crippen molar-refractivity contribution >= 4 is 23.7 Å². The lowest BCUT2D eigenvalue weighted by atomic mass is 9.80. The minimum absolute atomic E-state index is 0.0113. The second-order valence-electron chi connectivity index (χ2n) is 11.0. The first-order valence-electron chi connectivity index (χ1n) is 14.5. The summed E-state index contributed by atoms with van der Waals surface area (Å²) in [5.41, 5.74) is 6.06. The van der Waals surface area contributed by atoms with E-state index in [0.29, 0.717) is 11.5 Å². The lowest BCUT2D eigenvalue weighted by molar-refractivity contribution is -0.119. The van der Waals surface area contributed by atoms with Crippen molar-refractivity contribution in [3.63, 3.8) is 0 Å². The molecule has 0 spiro atoms. The van der Waals surface area contributed by atoms with Gasteiger partial charge in [-0.1, -0.05) is 54.6 Å². The largest absolute Gasteiger partial charge is 0.497 e. The van der Waals surface area contributed by atoms with E-state index in [1.165, 1.54) is 13.3 Å². The highest BCUT2D eigenvalue weighted by molar-refractivity contribution is 6.51. The van der Waals surface area contributed by atoms with Crippen molar-refractivity contribution in [3.05, 3.63) is 95.6 Å². The van der Waals surface area contributed by atoms with Gasteiger partial charge in [-0.05, 0) is 47.9 Å². The molecule has 12 heteroatoms. The Kier molecular flexibility index (Phi) is 8.25. The molecule has 3 heterocycles. The van der Waals surface area contributed by atoms with Crippen LogP contribution in [0, 0.1) is 0 Å². The molecule has 5 atom stereocenters. The number of hydrogen-bond acceptors (Lipinski definition) is 12. The van der Waals surface area contributed by atoms with Crippen LogP contribution >= 0.6 is 0 Å². The molecular weight excluding hydrogens is 578 g/mol. The van der Waals surface area contributed by atoms with Crippen LogP contribution in [0.2, 0.25) is 0 Å². The van der Waals surface area contributed by atoms with Crippen molar-refractivity contribution in [2.75, 3.05) is 27.5 Å². The summed E-state index contributed by atoms with van der Waals surface area (Å²) in [6, 6.07) is 24.9. The van der Waals surface area contributed by atoms with Crippen molar-refractivity contribution in [2.45, 2.75) is 42.7 Å². The lowest BCUT2D eigenvalue weighted by Gasteiger charge is -2.37. The number of aliphatic hydroxyl groups excluding tert-OH is 2. The number of aliphatic imine (C=N–C) groups is 3. The van der Waals surface area contributed by atoms with Gasteiger partial charge in [0.2, 0.25) is 5.66 Å². The van der Waals surface area contributed by atoms with Crippen molar-refractivity contribution in [1.29, 1.82) is 0 Å². The van der Waals surface area contributed by atoms with Gasteiger partial charge in [-0.15, -0.1) is 0 Å². The quantitative estimate of drug-likeness (QED) is 0.290. The second kappa shape index (κ2) is 12.1. The molecule has 4 N–H and O–H groups in total. The van der Waals surface area contributed by atoms with E-state index in [4.69, 9.17) is 24.7 Å². The van der Waals surface area contributed by atoms with Gasteiger partial charge in [0.15, 0.2) is 17.8 Å². The Hall–Kier alpha value is -4.46. The van der Waals surface area contributed by atoms with Crippen LogP contribution in [-0.2, 0) is 19.9 Å². The monoisotopic (exact) mass is 613 g/mol. The van der Waals surface area contributed by atoms with E-state index in [0.717, 1.165) is 16.7 Å². The number of methoxy groups -OCH3 is 2. The predicted molar refractivity (Wildman–Crippen MR) is 167 cm³/mol. The summed E-state index contributed by atoms with van der Waals surface area (Å²) >= 11 is 0. The van der Waals surface area contributed by atoms with Gasteiger partial charge in [0, 0.05) is 0 Å². The van der Waals surface area contributed by atoms with Gasteiger partial charge in [0.1, 0.15) is 54.1 Å². The van der Waals surface area contributed by atoms with E-state index >= 15 is 0 Å². The van der Waals surface area contributed by atoms with Crippen LogP contribution in [0.5, 0.6) is 11.5 Å². The van der Waals surface area contributed by atoms with Gasteiger partial charge >= 0.3 is 0 Å². The topological polar surface area (TPSA) is 161 Å². The first-order chi connectivity index (χ1) is 21.7. The number of rotatable bonds is 10. The van der Waals surface area contributed by atoms with Crippen LogP contribution < -0.4 is 15.2 Å². The standard InChI is InChI=1S/C33H35N5O7/c1-20(39)33(34)29-30(35-18-37-33)38(19-36-29)31-28(41)27(40)26(45-31)17-44-32(21-7-5-4-6-8-21,22-9-13-24(42-2)14-10-22)23-11-15-25(43-3)16-12-23/h4-16,18,26-28,31,40-41H,17,19,34H2,1-3H3/t26-,27-,28-,31-,33?/m1/s1. The minimum atomic E-state index is -1.68. The number of benzene rings is 3. The number of nitrogens with zero attached hydrogens (tertiary/aromatic N) is 4. The number of carbonyl (C=O) groups is 1. The molecule has 0 aromatic heterocycles. The molecule has 0 amide bonds. The van der Waals surface area contributed by atoms with Crippen LogP contribution in [0.25, 0.3) is 0 Å². The third-order valence-electron chi connectivity index (χ3n) is 8.49. The number of ether oxygens (including phenoxy) is 4. The summed E-state index contributed by atoms with van der Waals surface area (Å²) in [5.74, 6) is 1.23. The first-order valence-corrected chi connectivity index (χ1v) is 14.5. The van der Waals surface area contributed by atoms with Crippen molar-refractivity contribution < 1.29 is 34.0 Å². The summed E-state index contributed by atoms with van der Waals surface area (Å²) in [6.45, 7) is 1.23. The molecule has 3 aliphatic heterocycles. The molecule has 234 valence electrons. The van der Waals surface area contributed by atoms with E-state index in [1.807, 2.05) is 78.9 Å². The Bertz CT molecular complexity index is 1580. The van der Waals surface area contributed by atoms with Crippen molar-refractivity contribution in [3.8, 4) is 11.5 Å². The zero-order valence-electron chi connectivity index (χ0n) is 25.1. The Morgan fingerprint density at radius 3 is 2.09 bits per heavy atom. The summed E-state index contributed by atoms with van der Waals surface area (Å²) in [7, 11) is 3.21. The van der Waals surface area contributed by atoms with E-state index in [9.17, 15) is 15.0 Å². The molecular formula is C33H35N5O7. The number of aliphatic hydroxyl groups is 2. The highest BCUT2D eigenvalue weighted by atomic mass is 16.6. The Morgan fingerprint density at radius 1 is 0.956 bits per heavy atom. The SMILES string of the molecule is COc1ccc(C(OC[C@H]2O[C@@H](N3CN=C4C3=NC=NC4(N)C(C)=O)[C@H](O)[C@@H]2O)(c2ccccc2)c2ccc(OC)cc2)cc1. The maximum Gasteiger partial charge on any atom is 0.214 e. The number of nitrogens with two attached hydrogens (primary N) is 1. The van der Waals surface area contributed by atoms with Crippen LogP contribution in [0.15, 0.2) is 93.8 Å². The maximum atomic E-state index is 12.3. The average molecular weight is 614 g/mol. The Labute approximate surface area is 260 Å². The van der Waals surface area contributed by atoms with Crippen LogP contribution in [-0.4, -0.2) is 96.5 Å². The number of ketones is 1. The van der Waals surface area contributed by atoms with E-state index in [2.05, 4.69) is 15.0 Å². The number of carbonyl (C=O) groups excluding carboxylic acids is 1. The molecule has 0 radical (unpaired) electrons. The predicted octanol–water partition coefficient (Wildman–Crippen LogP) is 1.86. The number of fused-ring (bicyclic) bond motifs is 1. The van der Waals surface area contributed by atoms with Gasteiger partial charge < -0.3 is 34.1 Å². The molecule has 0 aliphatic carbocycles. The molecule has 12 nitrogen and oxygen atoms in total. The van der Waals surface area contributed by atoms with Gasteiger partial charge in [-0.25, -0.2) is 9.98 Å². The number of amidine groups is 1. The van der Waals surface area contributed by atoms with Crippen LogP contribution in [0.3, 0.4) is 0 Å². The molecule has 3 aromatic carbocycles. The molecule has 1 fully saturated rings. The summed E-state index contributed by atoms with van der Waals surface area (Å²) in [6.07, 6.45) is -3.43. The van der Waals surface area contributed by atoms with Gasteiger partial charge in [-0.3, -0.25) is 15.5 Å². The zero-order valence-corrected chi connectivity index (χ0v) is 25.1. The first kappa shape index (κ1) is 30.6. The van der Waals surface area contributed by atoms with E-state index < -0.39 is 41.6 Å². The van der Waals surface area contributed by atoms with E-state index in [-0.39, 0.29) is 24.8 Å². The molecule has 45 heavy (non-hydrogen) atoms. The molecule has 1 unspecified atom stereocenters. The minimum Gasteiger partial charge on any atom is -0.497 e. The van der Waals surface area contributed by atoms with Crippen molar-refractivity contribution in [1.82, 2.24) is 4.90 Å². The second-order valence-corrected chi connectivity index (χ2v) is 11.0. The molecule has 6 rings (SSSR count). The van der Waals surface area contributed by atoms with Gasteiger partial charge in [0.05, 0.1) is 20.8 Å². The fraction of sp³-hybridized carbons (Fsp3) is 0.333. The zero-order chi connectivity index (χ0) is 31.8. The molecule has 0 saturated carbocycles. The smallest absolute Gasteiger partial charge is 0.214 e. The molecule has 3 aliphatic rings. The summed E-state index contributed by atoms with van der Waals surface area (Å²) < 4.78 is 24.0. The number of Topliss-reactive ketones (excluding diaryl/α,β-unsaturated/α-hetero) is 1. The summed E-state index contributed by atoms with van der Waals surface area (Å²) in [4.78, 5) is 26.6. The van der Waals surface area contributed by atoms with E-state index in [1.54, 1.807) is 19.1 Å². The van der Waals surface area contributed by atoms with Crippen molar-refractivity contribution in [2.24, 2.45) is 20.7 Å². The highest BCUT2D eigenvalue weighted by Crippen LogP contribution is 2.42. The average Bonchev–Trinajstić information content (AvgIpc) is 3.63. The third kappa shape index (κ3) is 5.20. The Morgan fingerprint density at radius 2 is 1.53 bits per heavy atom. The van der Waals surface area contributed by atoms with Gasteiger partial charge in [-0.2, -0.15) is 0 Å². The lowest BCUT2D eigenvalue weighted by Crippen LogP contribution is -2.59. The molecule has 1 saturated heterocycles. The molecule has 0 bridgehead atoms. The maximum absolute atomic E-state index is 12.3. The summed E-state index contributed by atoms with van der Waals surface area (Å²) in [5, 5.41) is 22.4. The van der Waals surface area contributed by atoms with Crippen LogP contribution in [0.4, 0.5) is 0 Å². The van der Waals surface area contributed by atoms with Gasteiger partial charge in [0.25, 0.3) is 0 Å². The Balaban J connectivity index is 1.33.